The molecule has 1 saturated heterocycles. The van der Waals surface area contributed by atoms with Crippen LogP contribution in [0.5, 0.6) is 0 Å². The van der Waals surface area contributed by atoms with Crippen molar-refractivity contribution in [3.63, 3.8) is 0 Å². The Kier molecular flexibility index (Phi) is 6.81. The quantitative estimate of drug-likeness (QED) is 0.339. The predicted molar refractivity (Wildman–Crippen MR) is 148 cm³/mol. The Bertz CT molecular complexity index is 1500. The third-order valence-electron chi connectivity index (χ3n) is 8.42. The fraction of sp³-hybridized carbons (Fsp3) is 0.448. The van der Waals surface area contributed by atoms with Crippen molar-refractivity contribution < 1.29 is 9.18 Å². The van der Waals surface area contributed by atoms with Crippen molar-refractivity contribution in [3.05, 3.63) is 71.4 Å². The Hall–Kier alpha value is -4.15. The van der Waals surface area contributed by atoms with Crippen LogP contribution in [0, 0.1) is 25.1 Å². The standard InChI is InChI=1S/C29H34FN9O/c1-18-13-24(34-25-14-19(2)36-37-25)35-27(33-18)21-7-10-29(11-8-21)9-4-12-38(28(29)40)20(3)22-5-6-26(31-15-22)39-17-23(30)16-32-39/h5-6,13-17,20-21H,4,7-12H2,1-3H3,(H2,33,34,35,36,37)/t20-,21-,29+/m0/s1. The molecule has 2 N–H and O–H groups in total. The second-order valence-corrected chi connectivity index (χ2v) is 11.2. The molecule has 1 atom stereocenters. The summed E-state index contributed by atoms with van der Waals surface area (Å²) in [5.41, 5.74) is 2.44. The Morgan fingerprint density at radius 3 is 2.60 bits per heavy atom. The number of nitrogens with zero attached hydrogens (tertiary/aromatic N) is 7. The molecule has 1 amide bonds. The van der Waals surface area contributed by atoms with Crippen LogP contribution in [0.1, 0.15) is 80.2 Å². The summed E-state index contributed by atoms with van der Waals surface area (Å²) in [5.74, 6) is 2.97. The number of pyridine rings is 1. The number of likely N-dealkylation sites (tertiary alicyclic amines) is 1. The maximum atomic E-state index is 14.0. The SMILES string of the molecule is Cc1cc(Nc2cc(C)nc([C@H]3CC[C@]4(CCCN([C@@H](C)c5ccc(-n6cc(F)cn6)nc5)C4=O)CC3)n2)[nH]n1. The van der Waals surface area contributed by atoms with Crippen molar-refractivity contribution in [2.45, 2.75) is 71.3 Å². The number of rotatable bonds is 6. The van der Waals surface area contributed by atoms with Gasteiger partial charge in [0, 0.05) is 41.9 Å². The van der Waals surface area contributed by atoms with Gasteiger partial charge < -0.3 is 10.2 Å². The molecule has 11 heteroatoms. The molecule has 4 aromatic heterocycles. The van der Waals surface area contributed by atoms with Gasteiger partial charge in [0.05, 0.1) is 24.1 Å². The van der Waals surface area contributed by atoms with Gasteiger partial charge in [-0.2, -0.15) is 10.2 Å². The number of carbonyl (C=O) groups excluding carboxylic acids is 1. The van der Waals surface area contributed by atoms with E-state index >= 15 is 0 Å². The second-order valence-electron chi connectivity index (χ2n) is 11.2. The lowest BCUT2D eigenvalue weighted by Crippen LogP contribution is -2.50. The summed E-state index contributed by atoms with van der Waals surface area (Å²) in [6, 6.07) is 7.53. The third kappa shape index (κ3) is 5.07. The molecule has 6 rings (SSSR count). The van der Waals surface area contributed by atoms with Crippen molar-refractivity contribution in [1.29, 1.82) is 0 Å². The molecular weight excluding hydrogens is 509 g/mol. The van der Waals surface area contributed by atoms with Crippen LogP contribution in [-0.2, 0) is 4.79 Å². The van der Waals surface area contributed by atoms with E-state index in [2.05, 4.69) is 32.5 Å². The number of carbonyl (C=O) groups is 1. The average molecular weight is 544 g/mol. The Labute approximate surface area is 232 Å². The van der Waals surface area contributed by atoms with E-state index in [-0.39, 0.29) is 23.3 Å². The lowest BCUT2D eigenvalue weighted by molar-refractivity contribution is -0.151. The number of H-pyrrole nitrogens is 1. The topological polar surface area (TPSA) is 118 Å². The lowest BCUT2D eigenvalue weighted by atomic mass is 9.65. The maximum absolute atomic E-state index is 14.0. The van der Waals surface area contributed by atoms with E-state index in [1.807, 2.05) is 43.0 Å². The van der Waals surface area contributed by atoms with E-state index in [4.69, 9.17) is 9.97 Å². The highest BCUT2D eigenvalue weighted by Crippen LogP contribution is 2.49. The van der Waals surface area contributed by atoms with Gasteiger partial charge in [0.2, 0.25) is 5.91 Å². The van der Waals surface area contributed by atoms with Gasteiger partial charge in [-0.25, -0.2) is 24.0 Å². The zero-order valence-electron chi connectivity index (χ0n) is 23.1. The highest BCUT2D eigenvalue weighted by atomic mass is 19.1. The summed E-state index contributed by atoms with van der Waals surface area (Å²) in [5, 5.41) is 14.4. The molecule has 10 nitrogen and oxygen atoms in total. The fourth-order valence-electron chi connectivity index (χ4n) is 6.21. The Morgan fingerprint density at radius 1 is 1.10 bits per heavy atom. The van der Waals surface area contributed by atoms with Gasteiger partial charge in [-0.15, -0.1) is 0 Å². The van der Waals surface area contributed by atoms with Gasteiger partial charge in [0.15, 0.2) is 11.6 Å². The molecule has 0 aromatic carbocycles. The minimum absolute atomic E-state index is 0.0989. The molecule has 0 bridgehead atoms. The number of aromatic amines is 1. The number of aryl methyl sites for hydroxylation is 2. The number of aromatic nitrogens is 7. The summed E-state index contributed by atoms with van der Waals surface area (Å²) in [6.07, 6.45) is 9.55. The van der Waals surface area contributed by atoms with Crippen molar-refractivity contribution in [3.8, 4) is 5.82 Å². The van der Waals surface area contributed by atoms with Gasteiger partial charge in [-0.3, -0.25) is 9.89 Å². The van der Waals surface area contributed by atoms with Crippen LogP contribution in [0.3, 0.4) is 0 Å². The van der Waals surface area contributed by atoms with E-state index in [0.29, 0.717) is 5.82 Å². The van der Waals surface area contributed by atoms with Gasteiger partial charge >= 0.3 is 0 Å². The van der Waals surface area contributed by atoms with Crippen molar-refractivity contribution in [2.24, 2.45) is 5.41 Å². The van der Waals surface area contributed by atoms with E-state index < -0.39 is 5.82 Å². The van der Waals surface area contributed by atoms with Crippen molar-refractivity contribution in [1.82, 2.24) is 39.8 Å². The zero-order valence-corrected chi connectivity index (χ0v) is 23.1. The molecule has 2 aliphatic rings. The molecule has 2 fully saturated rings. The van der Waals surface area contributed by atoms with Gasteiger partial charge in [-0.1, -0.05) is 6.07 Å². The second kappa shape index (κ2) is 10.4. The molecule has 1 saturated carbocycles. The summed E-state index contributed by atoms with van der Waals surface area (Å²) in [4.78, 5) is 30.0. The van der Waals surface area contributed by atoms with Crippen LogP contribution < -0.4 is 5.32 Å². The lowest BCUT2D eigenvalue weighted by Gasteiger charge is -2.47. The number of hydrogen-bond donors (Lipinski definition) is 2. The van der Waals surface area contributed by atoms with E-state index in [9.17, 15) is 9.18 Å². The molecule has 0 radical (unpaired) electrons. The minimum atomic E-state index is -0.409. The average Bonchev–Trinajstić information content (AvgIpc) is 3.57. The number of anilines is 2. The molecule has 1 aliphatic carbocycles. The van der Waals surface area contributed by atoms with Crippen LogP contribution in [0.25, 0.3) is 5.82 Å². The smallest absolute Gasteiger partial charge is 0.229 e. The number of amides is 1. The highest BCUT2D eigenvalue weighted by molar-refractivity contribution is 5.84. The Morgan fingerprint density at radius 2 is 1.93 bits per heavy atom. The summed E-state index contributed by atoms with van der Waals surface area (Å²) in [7, 11) is 0. The molecule has 5 heterocycles. The Balaban J connectivity index is 1.13. The molecular formula is C29H34FN9O. The van der Waals surface area contributed by atoms with Crippen molar-refractivity contribution >= 4 is 17.5 Å². The third-order valence-corrected chi connectivity index (χ3v) is 8.42. The first kappa shape index (κ1) is 26.1. The van der Waals surface area contributed by atoms with Crippen LogP contribution >= 0.6 is 0 Å². The van der Waals surface area contributed by atoms with Gasteiger partial charge in [-0.05, 0) is 70.9 Å². The summed E-state index contributed by atoms with van der Waals surface area (Å²) in [6.45, 7) is 6.71. The largest absolute Gasteiger partial charge is 0.335 e. The number of hydrogen-bond acceptors (Lipinski definition) is 7. The predicted octanol–water partition coefficient (Wildman–Crippen LogP) is 5.31. The van der Waals surface area contributed by atoms with Gasteiger partial charge in [0.1, 0.15) is 17.5 Å². The molecule has 208 valence electrons. The summed E-state index contributed by atoms with van der Waals surface area (Å²) < 4.78 is 14.8. The van der Waals surface area contributed by atoms with Gasteiger partial charge in [0.25, 0.3) is 0 Å². The maximum Gasteiger partial charge on any atom is 0.229 e. The molecule has 0 unspecified atom stereocenters. The monoisotopic (exact) mass is 543 g/mol. The zero-order chi connectivity index (χ0) is 27.9. The first-order valence-corrected chi connectivity index (χ1v) is 13.9. The first-order chi connectivity index (χ1) is 19.3. The normalized spacial score (nSPS) is 22.1. The van der Waals surface area contributed by atoms with Crippen LogP contribution in [0.15, 0.2) is 42.9 Å². The highest BCUT2D eigenvalue weighted by Gasteiger charge is 2.47. The number of nitrogens with one attached hydrogen (secondary N) is 2. The van der Waals surface area contributed by atoms with E-state index in [1.54, 1.807) is 6.20 Å². The van der Waals surface area contributed by atoms with Crippen LogP contribution in [-0.4, -0.2) is 52.3 Å². The van der Waals surface area contributed by atoms with Crippen LogP contribution in [0.2, 0.25) is 0 Å². The van der Waals surface area contributed by atoms with Crippen molar-refractivity contribution in [2.75, 3.05) is 11.9 Å². The van der Waals surface area contributed by atoms with E-state index in [1.165, 1.54) is 10.9 Å². The minimum Gasteiger partial charge on any atom is -0.335 e. The molecule has 40 heavy (non-hydrogen) atoms. The molecule has 1 spiro atoms. The molecule has 4 aromatic rings. The summed E-state index contributed by atoms with van der Waals surface area (Å²) >= 11 is 0. The van der Waals surface area contributed by atoms with Crippen LogP contribution in [0.4, 0.5) is 16.0 Å². The fourth-order valence-corrected chi connectivity index (χ4v) is 6.21. The van der Waals surface area contributed by atoms with E-state index in [0.717, 1.165) is 85.7 Å². The molecule has 1 aliphatic heterocycles. The number of halogens is 1. The number of piperidine rings is 1. The first-order valence-electron chi connectivity index (χ1n) is 13.9.